The first-order chi connectivity index (χ1) is 6.84. The van der Waals surface area contributed by atoms with E-state index in [-0.39, 0.29) is 0 Å². The van der Waals surface area contributed by atoms with Crippen LogP contribution in [0.15, 0.2) is 15.2 Å². The van der Waals surface area contributed by atoms with E-state index in [1.807, 2.05) is 0 Å². The molecule has 1 nitrogen and oxygen atoms in total. The van der Waals surface area contributed by atoms with Gasteiger partial charge in [-0.3, -0.25) is 0 Å². The molecule has 0 spiro atoms. The molecule has 3 unspecified atom stereocenters. The Morgan fingerprint density at radius 2 is 2.36 bits per heavy atom. The van der Waals surface area contributed by atoms with Gasteiger partial charge in [0.1, 0.15) is 0 Å². The average Bonchev–Trinajstić information content (AvgIpc) is 2.68. The van der Waals surface area contributed by atoms with Gasteiger partial charge in [-0.1, -0.05) is 0 Å². The SMILES string of the molecule is Brc1cscc1CNC1CCC2CC21. The predicted molar refractivity (Wildman–Crippen MR) is 63.5 cm³/mol. The lowest BCUT2D eigenvalue weighted by atomic mass is 10.1. The van der Waals surface area contributed by atoms with Crippen LogP contribution >= 0.6 is 27.3 Å². The van der Waals surface area contributed by atoms with Crippen LogP contribution in [0.3, 0.4) is 0 Å². The first kappa shape index (κ1) is 9.37. The van der Waals surface area contributed by atoms with E-state index in [2.05, 4.69) is 32.0 Å². The van der Waals surface area contributed by atoms with E-state index in [0.717, 1.165) is 24.4 Å². The molecule has 2 saturated carbocycles. The molecule has 14 heavy (non-hydrogen) atoms. The minimum Gasteiger partial charge on any atom is -0.310 e. The fourth-order valence-corrected chi connectivity index (χ4v) is 4.08. The molecule has 1 N–H and O–H groups in total. The van der Waals surface area contributed by atoms with E-state index in [0.29, 0.717) is 0 Å². The van der Waals surface area contributed by atoms with Crippen LogP contribution in [0.5, 0.6) is 0 Å². The summed E-state index contributed by atoms with van der Waals surface area (Å²) in [7, 11) is 0. The summed E-state index contributed by atoms with van der Waals surface area (Å²) in [4.78, 5) is 0. The summed E-state index contributed by atoms with van der Waals surface area (Å²) in [6.45, 7) is 1.04. The number of hydrogen-bond donors (Lipinski definition) is 1. The minimum absolute atomic E-state index is 0.812. The Labute approximate surface area is 97.0 Å². The second kappa shape index (κ2) is 3.62. The third-order valence-corrected chi connectivity index (χ3v) is 5.42. The summed E-state index contributed by atoms with van der Waals surface area (Å²) in [5, 5.41) is 8.08. The molecular formula is C11H14BrNS. The Balaban J connectivity index is 1.56. The highest BCUT2D eigenvalue weighted by Gasteiger charge is 2.47. The second-order valence-corrected chi connectivity index (χ2v) is 6.07. The largest absolute Gasteiger partial charge is 0.310 e. The number of nitrogens with one attached hydrogen (secondary N) is 1. The highest BCUT2D eigenvalue weighted by Crippen LogP contribution is 2.51. The molecule has 0 saturated heterocycles. The van der Waals surface area contributed by atoms with Gasteiger partial charge in [0.2, 0.25) is 0 Å². The second-order valence-electron chi connectivity index (χ2n) is 4.47. The van der Waals surface area contributed by atoms with Gasteiger partial charge in [-0.05, 0) is 58.0 Å². The fourth-order valence-electron chi connectivity index (χ4n) is 2.63. The molecule has 0 radical (unpaired) electrons. The van der Waals surface area contributed by atoms with E-state index in [9.17, 15) is 0 Å². The van der Waals surface area contributed by atoms with Crippen LogP contribution in [0, 0.1) is 11.8 Å². The van der Waals surface area contributed by atoms with Gasteiger partial charge >= 0.3 is 0 Å². The van der Waals surface area contributed by atoms with Crippen LogP contribution in [0.2, 0.25) is 0 Å². The van der Waals surface area contributed by atoms with E-state index >= 15 is 0 Å². The Morgan fingerprint density at radius 3 is 2.93 bits per heavy atom. The van der Waals surface area contributed by atoms with Crippen molar-refractivity contribution < 1.29 is 0 Å². The maximum Gasteiger partial charge on any atom is 0.0327 e. The van der Waals surface area contributed by atoms with Crippen LogP contribution < -0.4 is 5.32 Å². The van der Waals surface area contributed by atoms with Crippen molar-refractivity contribution in [1.29, 1.82) is 0 Å². The molecule has 0 amide bonds. The monoisotopic (exact) mass is 271 g/mol. The van der Waals surface area contributed by atoms with Gasteiger partial charge in [0, 0.05) is 22.4 Å². The molecule has 2 aliphatic carbocycles. The van der Waals surface area contributed by atoms with Crippen molar-refractivity contribution in [2.24, 2.45) is 11.8 Å². The number of halogens is 1. The van der Waals surface area contributed by atoms with Crippen molar-refractivity contribution in [3.05, 3.63) is 20.8 Å². The fraction of sp³-hybridized carbons (Fsp3) is 0.636. The first-order valence-electron chi connectivity index (χ1n) is 5.28. The van der Waals surface area contributed by atoms with Crippen molar-refractivity contribution in [1.82, 2.24) is 5.32 Å². The number of fused-ring (bicyclic) bond motifs is 1. The van der Waals surface area contributed by atoms with E-state index in [1.54, 1.807) is 11.3 Å². The highest BCUT2D eigenvalue weighted by atomic mass is 79.9. The summed E-state index contributed by atoms with van der Waals surface area (Å²) in [5.41, 5.74) is 1.42. The average molecular weight is 272 g/mol. The van der Waals surface area contributed by atoms with Crippen molar-refractivity contribution in [3.63, 3.8) is 0 Å². The highest BCUT2D eigenvalue weighted by molar-refractivity contribution is 9.10. The van der Waals surface area contributed by atoms with Gasteiger partial charge in [0.15, 0.2) is 0 Å². The van der Waals surface area contributed by atoms with Crippen molar-refractivity contribution in [3.8, 4) is 0 Å². The molecule has 3 atom stereocenters. The zero-order valence-electron chi connectivity index (χ0n) is 8.00. The maximum atomic E-state index is 3.69. The van der Waals surface area contributed by atoms with Crippen LogP contribution in [0.4, 0.5) is 0 Å². The van der Waals surface area contributed by atoms with Crippen LogP contribution in [0.25, 0.3) is 0 Å². The summed E-state index contributed by atoms with van der Waals surface area (Å²) in [5.74, 6) is 2.10. The first-order valence-corrected chi connectivity index (χ1v) is 7.02. The van der Waals surface area contributed by atoms with Crippen molar-refractivity contribution >= 4 is 27.3 Å². The van der Waals surface area contributed by atoms with Crippen LogP contribution in [0.1, 0.15) is 24.8 Å². The molecule has 3 rings (SSSR count). The summed E-state index contributed by atoms with van der Waals surface area (Å²) in [6, 6.07) is 0.812. The molecular weight excluding hydrogens is 258 g/mol. The van der Waals surface area contributed by atoms with Gasteiger partial charge in [0.05, 0.1) is 0 Å². The molecule has 1 aromatic rings. The molecule has 3 heteroatoms. The van der Waals surface area contributed by atoms with Crippen LogP contribution in [-0.2, 0) is 6.54 Å². The predicted octanol–water partition coefficient (Wildman–Crippen LogP) is 3.40. The van der Waals surface area contributed by atoms with Gasteiger partial charge < -0.3 is 5.32 Å². The van der Waals surface area contributed by atoms with E-state index < -0.39 is 0 Å². The third-order valence-electron chi connectivity index (χ3n) is 3.59. The molecule has 0 aliphatic heterocycles. The van der Waals surface area contributed by atoms with Gasteiger partial charge in [-0.25, -0.2) is 0 Å². The Kier molecular flexibility index (Phi) is 2.42. The number of rotatable bonds is 3. The topological polar surface area (TPSA) is 12.0 Å². The Morgan fingerprint density at radius 1 is 1.43 bits per heavy atom. The molecule has 2 fully saturated rings. The zero-order valence-corrected chi connectivity index (χ0v) is 10.4. The minimum atomic E-state index is 0.812. The lowest BCUT2D eigenvalue weighted by molar-refractivity contribution is 0.474. The van der Waals surface area contributed by atoms with Gasteiger partial charge in [-0.15, -0.1) is 0 Å². The Bertz CT molecular complexity index is 336. The Hall–Kier alpha value is 0.140. The van der Waals surface area contributed by atoms with Crippen molar-refractivity contribution in [2.45, 2.75) is 31.8 Å². The maximum absolute atomic E-state index is 3.69. The molecule has 0 bridgehead atoms. The molecule has 2 aliphatic rings. The normalized spacial score (nSPS) is 34.5. The number of thiophene rings is 1. The quantitative estimate of drug-likeness (QED) is 0.889. The third kappa shape index (κ3) is 1.66. The smallest absolute Gasteiger partial charge is 0.0327 e. The van der Waals surface area contributed by atoms with Gasteiger partial charge in [0.25, 0.3) is 0 Å². The molecule has 1 heterocycles. The lowest BCUT2D eigenvalue weighted by Crippen LogP contribution is -2.28. The summed E-state index contributed by atoms with van der Waals surface area (Å²) in [6.07, 6.45) is 4.35. The summed E-state index contributed by atoms with van der Waals surface area (Å²) >= 11 is 5.34. The van der Waals surface area contributed by atoms with E-state index in [1.165, 1.54) is 29.3 Å². The van der Waals surface area contributed by atoms with Gasteiger partial charge in [-0.2, -0.15) is 11.3 Å². The standard InChI is InChI=1S/C11H14BrNS/c12-10-6-14-5-8(10)4-13-11-2-1-7-3-9(7)11/h5-7,9,11,13H,1-4H2. The molecule has 76 valence electrons. The van der Waals surface area contributed by atoms with Crippen molar-refractivity contribution in [2.75, 3.05) is 0 Å². The lowest BCUT2D eigenvalue weighted by Gasteiger charge is -2.13. The van der Waals surface area contributed by atoms with Crippen LogP contribution in [-0.4, -0.2) is 6.04 Å². The molecule has 1 aromatic heterocycles. The number of hydrogen-bond acceptors (Lipinski definition) is 2. The molecule has 0 aromatic carbocycles. The zero-order chi connectivity index (χ0) is 9.54. The summed E-state index contributed by atoms with van der Waals surface area (Å²) < 4.78 is 1.26. The van der Waals surface area contributed by atoms with E-state index in [4.69, 9.17) is 0 Å².